The van der Waals surface area contributed by atoms with Crippen LogP contribution >= 0.6 is 0 Å². The van der Waals surface area contributed by atoms with Crippen LogP contribution in [0.2, 0.25) is 0 Å². The molecule has 1 fully saturated rings. The fourth-order valence-electron chi connectivity index (χ4n) is 6.17. The van der Waals surface area contributed by atoms with Crippen LogP contribution in [0.1, 0.15) is 22.4 Å². The highest BCUT2D eigenvalue weighted by Crippen LogP contribution is 2.33. The minimum absolute atomic E-state index is 0.271. The smallest absolute Gasteiger partial charge is 0.410 e. The molecular weight excluding hydrogens is 570 g/mol. The Hall–Kier alpha value is -5.43. The molecule has 0 aliphatic carbocycles. The number of hydrogen-bond donors (Lipinski definition) is 0. The third-order valence-corrected chi connectivity index (χ3v) is 8.64. The van der Waals surface area contributed by atoms with Crippen molar-refractivity contribution in [1.29, 1.82) is 0 Å². The molecule has 4 aromatic carbocycles. The fraction of sp³-hybridized carbons (Fsp3) is 0.205. The Morgan fingerprint density at radius 3 is 2.02 bits per heavy atom. The van der Waals surface area contributed by atoms with Crippen molar-refractivity contribution in [3.8, 4) is 22.4 Å². The Balaban J connectivity index is 1.18. The molecule has 0 spiro atoms. The maximum absolute atomic E-state index is 12.9. The summed E-state index contributed by atoms with van der Waals surface area (Å²) in [5.74, 6) is 0.970. The van der Waals surface area contributed by atoms with E-state index in [0.29, 0.717) is 26.2 Å². The first-order chi connectivity index (χ1) is 22.6. The van der Waals surface area contributed by atoms with Gasteiger partial charge in [0.1, 0.15) is 12.4 Å². The summed E-state index contributed by atoms with van der Waals surface area (Å²) in [5, 5.41) is 5.00. The van der Waals surface area contributed by atoms with Crippen LogP contribution in [0.4, 0.5) is 10.6 Å². The molecule has 0 bridgehead atoms. The number of ether oxygens (including phenoxy) is 1. The second-order valence-corrected chi connectivity index (χ2v) is 11.8. The predicted octanol–water partition coefficient (Wildman–Crippen LogP) is 7.62. The number of benzene rings is 4. The van der Waals surface area contributed by atoms with E-state index < -0.39 is 0 Å². The van der Waals surface area contributed by atoms with Crippen molar-refractivity contribution in [2.45, 2.75) is 26.4 Å². The summed E-state index contributed by atoms with van der Waals surface area (Å²) < 4.78 is 7.60. The Morgan fingerprint density at radius 2 is 1.30 bits per heavy atom. The number of rotatable bonds is 8. The van der Waals surface area contributed by atoms with E-state index in [9.17, 15) is 4.79 Å². The van der Waals surface area contributed by atoms with Crippen LogP contribution in [0.5, 0.6) is 0 Å². The molecule has 46 heavy (non-hydrogen) atoms. The standard InChI is InChI=1S/C39H37N5O2/c1-29-37(33-17-9-4-10-18-33)38-40-35(34-19-11-16-31(26-34)21-20-30-12-5-2-6-13-30)27-36(44(38)41-29)42-22-24-43(25-23-42)39(45)46-28-32-14-7-3-8-15-32/h2-19,26-27H,20-25,28H2,1H3. The summed E-state index contributed by atoms with van der Waals surface area (Å²) in [7, 11) is 0. The van der Waals surface area contributed by atoms with Crippen molar-refractivity contribution in [2.75, 3.05) is 31.1 Å². The zero-order valence-electron chi connectivity index (χ0n) is 26.0. The second-order valence-electron chi connectivity index (χ2n) is 11.8. The topological polar surface area (TPSA) is 63.0 Å². The van der Waals surface area contributed by atoms with E-state index in [0.717, 1.165) is 57.9 Å². The molecule has 2 aromatic heterocycles. The quantitative estimate of drug-likeness (QED) is 0.178. The van der Waals surface area contributed by atoms with Gasteiger partial charge in [0.05, 0.1) is 11.4 Å². The maximum atomic E-state index is 12.9. The molecule has 7 nitrogen and oxygen atoms in total. The summed E-state index contributed by atoms with van der Waals surface area (Å²) in [4.78, 5) is 22.2. The highest BCUT2D eigenvalue weighted by atomic mass is 16.6. The number of carbonyl (C=O) groups excluding carboxylic acids is 1. The fourth-order valence-corrected chi connectivity index (χ4v) is 6.17. The maximum Gasteiger partial charge on any atom is 0.410 e. The molecule has 0 unspecified atom stereocenters. The van der Waals surface area contributed by atoms with Gasteiger partial charge >= 0.3 is 6.09 Å². The van der Waals surface area contributed by atoms with Gasteiger partial charge in [-0.05, 0) is 48.1 Å². The number of piperazine rings is 1. The average Bonchev–Trinajstić information content (AvgIpc) is 3.46. The molecular formula is C39H37N5O2. The van der Waals surface area contributed by atoms with Gasteiger partial charge in [0.2, 0.25) is 0 Å². The van der Waals surface area contributed by atoms with Crippen molar-refractivity contribution < 1.29 is 9.53 Å². The van der Waals surface area contributed by atoms with Gasteiger partial charge in [-0.2, -0.15) is 9.61 Å². The molecule has 0 atom stereocenters. The summed E-state index contributed by atoms with van der Waals surface area (Å²) >= 11 is 0. The van der Waals surface area contributed by atoms with Crippen molar-refractivity contribution in [3.05, 3.63) is 144 Å². The van der Waals surface area contributed by atoms with E-state index >= 15 is 0 Å². The lowest BCUT2D eigenvalue weighted by Crippen LogP contribution is -2.49. The van der Waals surface area contributed by atoms with Gasteiger partial charge in [-0.25, -0.2) is 9.78 Å². The Morgan fingerprint density at radius 1 is 0.696 bits per heavy atom. The molecule has 3 heterocycles. The molecule has 1 saturated heterocycles. The molecule has 0 saturated carbocycles. The van der Waals surface area contributed by atoms with Crippen LogP contribution in [-0.4, -0.2) is 51.8 Å². The number of hydrogen-bond acceptors (Lipinski definition) is 5. The number of anilines is 1. The van der Waals surface area contributed by atoms with Crippen LogP contribution in [0.3, 0.4) is 0 Å². The minimum Gasteiger partial charge on any atom is -0.445 e. The molecule has 0 N–H and O–H groups in total. The molecule has 1 aliphatic heterocycles. The number of nitrogens with zero attached hydrogens (tertiary/aromatic N) is 5. The predicted molar refractivity (Wildman–Crippen MR) is 183 cm³/mol. The summed E-state index contributed by atoms with van der Waals surface area (Å²) in [5.41, 5.74) is 9.46. The van der Waals surface area contributed by atoms with Gasteiger partial charge in [0.15, 0.2) is 5.65 Å². The molecule has 7 heteroatoms. The first-order valence-electron chi connectivity index (χ1n) is 15.9. The first kappa shape index (κ1) is 29.3. The number of aromatic nitrogens is 3. The number of carbonyl (C=O) groups is 1. The van der Waals surface area contributed by atoms with Gasteiger partial charge in [-0.15, -0.1) is 0 Å². The Bertz CT molecular complexity index is 1930. The van der Waals surface area contributed by atoms with Crippen molar-refractivity contribution >= 4 is 17.6 Å². The van der Waals surface area contributed by atoms with Gasteiger partial charge in [0, 0.05) is 43.4 Å². The van der Waals surface area contributed by atoms with Crippen LogP contribution in [0.15, 0.2) is 121 Å². The number of fused-ring (bicyclic) bond motifs is 1. The largest absolute Gasteiger partial charge is 0.445 e. The lowest BCUT2D eigenvalue weighted by Gasteiger charge is -2.35. The van der Waals surface area contributed by atoms with Crippen LogP contribution in [0, 0.1) is 6.92 Å². The van der Waals surface area contributed by atoms with Crippen molar-refractivity contribution in [3.63, 3.8) is 0 Å². The van der Waals surface area contributed by atoms with Crippen LogP contribution < -0.4 is 4.90 Å². The Kier molecular flexibility index (Phi) is 8.46. The molecule has 7 rings (SSSR count). The van der Waals surface area contributed by atoms with E-state index in [2.05, 4.69) is 89.8 Å². The molecule has 0 radical (unpaired) electrons. The zero-order valence-corrected chi connectivity index (χ0v) is 26.0. The molecule has 230 valence electrons. The third kappa shape index (κ3) is 6.35. The van der Waals surface area contributed by atoms with E-state index in [-0.39, 0.29) is 12.7 Å². The summed E-state index contributed by atoms with van der Waals surface area (Å²) in [6.45, 7) is 4.77. The summed E-state index contributed by atoms with van der Waals surface area (Å²) in [6.07, 6.45) is 1.66. The zero-order chi connectivity index (χ0) is 31.3. The van der Waals surface area contributed by atoms with Gasteiger partial charge in [-0.3, -0.25) is 0 Å². The second kappa shape index (κ2) is 13.3. The van der Waals surface area contributed by atoms with Gasteiger partial charge in [-0.1, -0.05) is 109 Å². The lowest BCUT2D eigenvalue weighted by atomic mass is 10.0. The molecule has 6 aromatic rings. The van der Waals surface area contributed by atoms with Crippen LogP contribution in [0.25, 0.3) is 28.0 Å². The average molecular weight is 608 g/mol. The summed E-state index contributed by atoms with van der Waals surface area (Å²) in [6, 6.07) is 41.6. The Labute approximate surface area is 269 Å². The van der Waals surface area contributed by atoms with Crippen molar-refractivity contribution in [1.82, 2.24) is 19.5 Å². The van der Waals surface area contributed by atoms with Gasteiger partial charge in [0.25, 0.3) is 0 Å². The molecule has 1 amide bonds. The van der Waals surface area contributed by atoms with Crippen LogP contribution in [-0.2, 0) is 24.2 Å². The van der Waals surface area contributed by atoms with E-state index in [1.54, 1.807) is 4.90 Å². The normalized spacial score (nSPS) is 13.2. The monoisotopic (exact) mass is 607 g/mol. The number of aryl methyl sites for hydroxylation is 3. The van der Waals surface area contributed by atoms with E-state index in [4.69, 9.17) is 14.8 Å². The lowest BCUT2D eigenvalue weighted by molar-refractivity contribution is 0.0941. The highest BCUT2D eigenvalue weighted by molar-refractivity contribution is 5.83. The van der Waals surface area contributed by atoms with E-state index in [1.807, 2.05) is 47.8 Å². The van der Waals surface area contributed by atoms with Crippen molar-refractivity contribution in [2.24, 2.45) is 0 Å². The first-order valence-corrected chi connectivity index (χ1v) is 15.9. The highest BCUT2D eigenvalue weighted by Gasteiger charge is 2.26. The third-order valence-electron chi connectivity index (χ3n) is 8.64. The number of amides is 1. The van der Waals surface area contributed by atoms with E-state index in [1.165, 1.54) is 11.1 Å². The minimum atomic E-state index is -0.280. The van der Waals surface area contributed by atoms with Gasteiger partial charge < -0.3 is 14.5 Å². The molecule has 1 aliphatic rings. The SMILES string of the molecule is Cc1nn2c(N3CCN(C(=O)OCc4ccccc4)CC3)cc(-c3cccc(CCc4ccccc4)c3)nc2c1-c1ccccc1.